The molecule has 4 nitrogen and oxygen atoms in total. The number of ether oxygens (including phenoxy) is 1. The first-order chi connectivity index (χ1) is 9.45. The van der Waals surface area contributed by atoms with Crippen molar-refractivity contribution in [1.82, 2.24) is 4.90 Å². The molecule has 1 unspecified atom stereocenters. The van der Waals surface area contributed by atoms with Crippen molar-refractivity contribution in [1.29, 1.82) is 0 Å². The quantitative estimate of drug-likeness (QED) is 0.917. The maximum Gasteiger partial charge on any atom is 0.411 e. The summed E-state index contributed by atoms with van der Waals surface area (Å²) in [4.78, 5) is 13.7. The first-order valence-corrected chi connectivity index (χ1v) is 7.22. The first-order valence-electron chi connectivity index (χ1n) is 7.22. The van der Waals surface area contributed by atoms with Crippen LogP contribution in [-0.2, 0) is 4.74 Å². The first kappa shape index (κ1) is 14.9. The largest absolute Gasteiger partial charge is 0.439 e. The molecule has 0 spiro atoms. The third-order valence-electron chi connectivity index (χ3n) is 3.88. The molecule has 20 heavy (non-hydrogen) atoms. The van der Waals surface area contributed by atoms with Crippen molar-refractivity contribution in [2.45, 2.75) is 58.4 Å². The Bertz CT molecular complexity index is 486. The molecule has 0 bridgehead atoms. The van der Waals surface area contributed by atoms with E-state index in [1.54, 1.807) is 4.90 Å². The third-order valence-corrected chi connectivity index (χ3v) is 3.88. The number of carbonyl (C=O) groups is 1. The molecule has 0 saturated carbocycles. The van der Waals surface area contributed by atoms with Gasteiger partial charge >= 0.3 is 6.09 Å². The van der Waals surface area contributed by atoms with E-state index in [9.17, 15) is 9.90 Å². The van der Waals surface area contributed by atoms with Crippen LogP contribution in [0.25, 0.3) is 0 Å². The number of aliphatic hydroxyl groups excluding tert-OH is 1. The molecule has 1 fully saturated rings. The van der Waals surface area contributed by atoms with E-state index >= 15 is 0 Å². The van der Waals surface area contributed by atoms with Crippen LogP contribution in [0.3, 0.4) is 0 Å². The van der Waals surface area contributed by atoms with Gasteiger partial charge in [0.1, 0.15) is 6.10 Å². The van der Waals surface area contributed by atoms with Gasteiger partial charge in [0, 0.05) is 6.04 Å². The zero-order chi connectivity index (χ0) is 14.9. The fourth-order valence-electron chi connectivity index (χ4n) is 2.79. The van der Waals surface area contributed by atoms with Crippen LogP contribution in [0.15, 0.2) is 24.3 Å². The van der Waals surface area contributed by atoms with Gasteiger partial charge in [0.05, 0.1) is 12.1 Å². The predicted molar refractivity (Wildman–Crippen MR) is 77.4 cm³/mol. The second-order valence-electron chi connectivity index (χ2n) is 5.64. The smallest absolute Gasteiger partial charge is 0.411 e. The Kier molecular flexibility index (Phi) is 4.33. The molecule has 0 aromatic heterocycles. The number of carbonyl (C=O) groups excluding carboxylic acids is 1. The maximum atomic E-state index is 11.9. The number of nitrogens with zero attached hydrogens (tertiary/aromatic N) is 1. The highest BCUT2D eigenvalue weighted by molar-refractivity contribution is 5.71. The summed E-state index contributed by atoms with van der Waals surface area (Å²) in [7, 11) is 0. The summed E-state index contributed by atoms with van der Waals surface area (Å²) in [6, 6.07) is 7.81. The standard InChI is InChI=1S/C16H23NO3/c1-5-14(18)12-7-6-8-13(9-12)15-11(4)17(10(2)3)16(19)20-15/h6-11,14-15,18H,5H2,1-4H3/t11-,14?,15-/m0/s1. The van der Waals surface area contributed by atoms with E-state index in [1.165, 1.54) is 0 Å². The lowest BCUT2D eigenvalue weighted by molar-refractivity contribution is 0.128. The van der Waals surface area contributed by atoms with Gasteiger partial charge in [0.25, 0.3) is 0 Å². The number of benzene rings is 1. The topological polar surface area (TPSA) is 49.8 Å². The molecule has 1 heterocycles. The van der Waals surface area contributed by atoms with Gasteiger partial charge in [0.15, 0.2) is 0 Å². The summed E-state index contributed by atoms with van der Waals surface area (Å²) in [6.45, 7) is 7.91. The number of aliphatic hydroxyl groups is 1. The molecule has 1 aliphatic heterocycles. The van der Waals surface area contributed by atoms with Crippen molar-refractivity contribution < 1.29 is 14.6 Å². The summed E-state index contributed by atoms with van der Waals surface area (Å²) < 4.78 is 5.51. The highest BCUT2D eigenvalue weighted by Gasteiger charge is 2.40. The van der Waals surface area contributed by atoms with Crippen LogP contribution in [0, 0.1) is 0 Å². The minimum absolute atomic E-state index is 0.00322. The highest BCUT2D eigenvalue weighted by atomic mass is 16.6. The van der Waals surface area contributed by atoms with E-state index in [2.05, 4.69) is 0 Å². The van der Waals surface area contributed by atoms with Crippen molar-refractivity contribution in [3.63, 3.8) is 0 Å². The van der Waals surface area contributed by atoms with Crippen molar-refractivity contribution in [2.24, 2.45) is 0 Å². The van der Waals surface area contributed by atoms with Crippen LogP contribution in [0.5, 0.6) is 0 Å². The molecule has 2 rings (SSSR count). The molecular weight excluding hydrogens is 254 g/mol. The molecule has 1 saturated heterocycles. The van der Waals surface area contributed by atoms with E-state index in [0.717, 1.165) is 11.1 Å². The molecule has 4 heteroatoms. The fourth-order valence-corrected chi connectivity index (χ4v) is 2.79. The molecule has 1 aliphatic rings. The lowest BCUT2D eigenvalue weighted by Crippen LogP contribution is -2.37. The average Bonchev–Trinajstić information content (AvgIpc) is 2.73. The Morgan fingerprint density at radius 1 is 1.40 bits per heavy atom. The van der Waals surface area contributed by atoms with Crippen LogP contribution in [0.4, 0.5) is 4.79 Å². The second kappa shape index (κ2) is 5.83. The molecule has 1 amide bonds. The lowest BCUT2D eigenvalue weighted by atomic mass is 9.98. The summed E-state index contributed by atoms with van der Waals surface area (Å²) in [5.41, 5.74) is 1.82. The van der Waals surface area contributed by atoms with E-state index in [4.69, 9.17) is 4.74 Å². The number of hydrogen-bond donors (Lipinski definition) is 1. The van der Waals surface area contributed by atoms with Crippen LogP contribution in [0.2, 0.25) is 0 Å². The van der Waals surface area contributed by atoms with E-state index < -0.39 is 6.10 Å². The summed E-state index contributed by atoms with van der Waals surface area (Å²) in [6.07, 6.45) is -0.335. The average molecular weight is 277 g/mol. The SMILES string of the molecule is CCC(O)c1cccc([C@H]2OC(=O)N(C(C)C)[C@H]2C)c1. The minimum Gasteiger partial charge on any atom is -0.439 e. The lowest BCUT2D eigenvalue weighted by Gasteiger charge is -2.24. The molecule has 110 valence electrons. The van der Waals surface area contributed by atoms with Gasteiger partial charge < -0.3 is 9.84 Å². The monoisotopic (exact) mass is 277 g/mol. The summed E-state index contributed by atoms with van der Waals surface area (Å²) in [5, 5.41) is 9.94. The molecule has 1 aromatic carbocycles. The maximum absolute atomic E-state index is 11.9. The fraction of sp³-hybridized carbons (Fsp3) is 0.562. The normalized spacial score (nSPS) is 24.1. The molecule has 1 N–H and O–H groups in total. The van der Waals surface area contributed by atoms with E-state index in [0.29, 0.717) is 6.42 Å². The van der Waals surface area contributed by atoms with Crippen molar-refractivity contribution >= 4 is 6.09 Å². The van der Waals surface area contributed by atoms with Gasteiger partial charge in [-0.2, -0.15) is 0 Å². The molecule has 0 aliphatic carbocycles. The molecule has 3 atom stereocenters. The summed E-state index contributed by atoms with van der Waals surface area (Å²) in [5.74, 6) is 0. The van der Waals surface area contributed by atoms with Crippen LogP contribution in [0.1, 0.15) is 57.5 Å². The van der Waals surface area contributed by atoms with Crippen LogP contribution < -0.4 is 0 Å². The Morgan fingerprint density at radius 2 is 2.10 bits per heavy atom. The number of amides is 1. The zero-order valence-electron chi connectivity index (χ0n) is 12.5. The van der Waals surface area contributed by atoms with Gasteiger partial charge in [-0.3, -0.25) is 4.90 Å². The van der Waals surface area contributed by atoms with E-state index in [-0.39, 0.29) is 24.3 Å². The Balaban J connectivity index is 2.26. The number of cyclic esters (lactones) is 1. The molecule has 0 radical (unpaired) electrons. The van der Waals surface area contributed by atoms with Crippen LogP contribution >= 0.6 is 0 Å². The van der Waals surface area contributed by atoms with E-state index in [1.807, 2.05) is 52.0 Å². The van der Waals surface area contributed by atoms with Gasteiger partial charge in [0.2, 0.25) is 0 Å². The van der Waals surface area contributed by atoms with Gasteiger partial charge in [-0.15, -0.1) is 0 Å². The Morgan fingerprint density at radius 3 is 2.65 bits per heavy atom. The Hall–Kier alpha value is -1.55. The molecule has 1 aromatic rings. The Labute approximate surface area is 120 Å². The summed E-state index contributed by atoms with van der Waals surface area (Å²) >= 11 is 0. The highest BCUT2D eigenvalue weighted by Crippen LogP contribution is 2.34. The minimum atomic E-state index is -0.469. The predicted octanol–water partition coefficient (Wildman–Crippen LogP) is 3.42. The third kappa shape index (κ3) is 2.66. The van der Waals surface area contributed by atoms with Crippen LogP contribution in [-0.4, -0.2) is 28.2 Å². The van der Waals surface area contributed by atoms with Crippen molar-refractivity contribution in [3.05, 3.63) is 35.4 Å². The second-order valence-corrected chi connectivity index (χ2v) is 5.64. The zero-order valence-corrected chi connectivity index (χ0v) is 12.5. The van der Waals surface area contributed by atoms with Crippen molar-refractivity contribution in [2.75, 3.05) is 0 Å². The number of rotatable bonds is 4. The molecular formula is C16H23NO3. The van der Waals surface area contributed by atoms with Gasteiger partial charge in [-0.05, 0) is 44.4 Å². The van der Waals surface area contributed by atoms with Crippen molar-refractivity contribution in [3.8, 4) is 0 Å². The van der Waals surface area contributed by atoms with Gasteiger partial charge in [-0.1, -0.05) is 25.1 Å². The van der Waals surface area contributed by atoms with Gasteiger partial charge in [-0.25, -0.2) is 4.79 Å². The number of hydrogen-bond acceptors (Lipinski definition) is 3.